The lowest BCUT2D eigenvalue weighted by molar-refractivity contribution is -0.129. The van der Waals surface area contributed by atoms with Gasteiger partial charge in [-0.2, -0.15) is 0 Å². The Morgan fingerprint density at radius 2 is 1.79 bits per heavy atom. The van der Waals surface area contributed by atoms with E-state index in [1.807, 2.05) is 0 Å². The zero-order valence-electron chi connectivity index (χ0n) is 18.9. The number of likely N-dealkylation sites (N-methyl/N-ethyl adjacent to an activating group) is 1. The number of aryl methyl sites for hydroxylation is 1. The molecule has 0 aliphatic rings. The molecule has 0 radical (unpaired) electrons. The molecule has 1 aromatic heterocycles. The first-order chi connectivity index (χ1) is 16.3. The Balaban J connectivity index is 1.69. The van der Waals surface area contributed by atoms with Crippen LogP contribution in [0.2, 0.25) is 0 Å². The molecule has 0 spiro atoms. The van der Waals surface area contributed by atoms with Crippen LogP contribution in [0, 0.1) is 11.6 Å². The molecular formula is C23H24F2N4O5. The number of rotatable bonds is 9. The summed E-state index contributed by atoms with van der Waals surface area (Å²) in [5.41, 5.74) is 0.235. The average Bonchev–Trinajstić information content (AvgIpc) is 2.84. The molecule has 1 unspecified atom stereocenters. The minimum atomic E-state index is -1.19. The maximum atomic E-state index is 13.6. The molecule has 0 aliphatic carbocycles. The molecule has 180 valence electrons. The fourth-order valence-corrected chi connectivity index (χ4v) is 3.42. The molecule has 3 rings (SSSR count). The van der Waals surface area contributed by atoms with Gasteiger partial charge in [-0.3, -0.25) is 19.0 Å². The highest BCUT2D eigenvalue weighted by Crippen LogP contribution is 2.29. The van der Waals surface area contributed by atoms with E-state index in [-0.39, 0.29) is 30.5 Å². The second kappa shape index (κ2) is 10.7. The Morgan fingerprint density at radius 3 is 2.44 bits per heavy atom. The zero-order chi connectivity index (χ0) is 24.8. The topological polar surface area (TPSA) is 112 Å². The van der Waals surface area contributed by atoms with Crippen LogP contribution in [0.15, 0.2) is 41.5 Å². The van der Waals surface area contributed by atoms with E-state index in [2.05, 4.69) is 15.6 Å². The molecule has 0 bridgehead atoms. The summed E-state index contributed by atoms with van der Waals surface area (Å²) < 4.78 is 38.7. The van der Waals surface area contributed by atoms with Gasteiger partial charge in [-0.25, -0.2) is 13.8 Å². The number of hydrogen-bond acceptors (Lipinski definition) is 6. The van der Waals surface area contributed by atoms with Crippen molar-refractivity contribution in [2.75, 3.05) is 21.3 Å². The van der Waals surface area contributed by atoms with Crippen LogP contribution >= 0.6 is 0 Å². The van der Waals surface area contributed by atoms with Crippen molar-refractivity contribution in [2.24, 2.45) is 0 Å². The first-order valence-electron chi connectivity index (χ1n) is 10.4. The van der Waals surface area contributed by atoms with Gasteiger partial charge in [0.25, 0.3) is 5.56 Å². The van der Waals surface area contributed by atoms with E-state index in [4.69, 9.17) is 9.47 Å². The highest BCUT2D eigenvalue weighted by molar-refractivity contribution is 5.88. The molecule has 2 amide bonds. The van der Waals surface area contributed by atoms with Crippen molar-refractivity contribution in [3.05, 3.63) is 64.2 Å². The first kappa shape index (κ1) is 24.6. The number of halogens is 2. The summed E-state index contributed by atoms with van der Waals surface area (Å²) in [6.45, 7) is 0.194. The summed E-state index contributed by atoms with van der Waals surface area (Å²) >= 11 is 0. The number of carbonyl (C=O) groups excluding carboxylic acids is 2. The van der Waals surface area contributed by atoms with Crippen LogP contribution in [0.5, 0.6) is 11.5 Å². The van der Waals surface area contributed by atoms with Crippen LogP contribution < -0.4 is 25.7 Å². The van der Waals surface area contributed by atoms with Crippen molar-refractivity contribution < 1.29 is 27.8 Å². The van der Waals surface area contributed by atoms with Crippen LogP contribution in [0.25, 0.3) is 10.9 Å². The number of amides is 2. The Hall–Kier alpha value is -4.02. The van der Waals surface area contributed by atoms with Crippen LogP contribution in [0.3, 0.4) is 0 Å². The Bertz CT molecular complexity index is 1280. The van der Waals surface area contributed by atoms with Crippen molar-refractivity contribution >= 4 is 22.7 Å². The molecule has 9 nitrogen and oxygen atoms in total. The number of aromatic nitrogens is 2. The number of hydrogen-bond donors (Lipinski definition) is 2. The fraction of sp³-hybridized carbons (Fsp3) is 0.304. The summed E-state index contributed by atoms with van der Waals surface area (Å²) in [5.74, 6) is -2.42. The molecule has 34 heavy (non-hydrogen) atoms. The standard InChI is InChI=1S/C23H24F2N4O5/c1-26-22(31)21(13-6-7-15(24)16(25)9-13)28-20(30)5-4-8-29-12-27-17-11-19(34-3)18(33-2)10-14(17)23(29)32/h6-7,9-12,21H,4-5,8H2,1-3H3,(H,26,31)(H,28,30). The van der Waals surface area contributed by atoms with Crippen LogP contribution in [0.4, 0.5) is 8.78 Å². The molecule has 2 aromatic carbocycles. The third-order valence-electron chi connectivity index (χ3n) is 5.22. The van der Waals surface area contributed by atoms with Crippen LogP contribution in [0.1, 0.15) is 24.4 Å². The summed E-state index contributed by atoms with van der Waals surface area (Å²) in [6.07, 6.45) is 1.63. The normalized spacial score (nSPS) is 11.7. The maximum Gasteiger partial charge on any atom is 0.261 e. The van der Waals surface area contributed by atoms with E-state index in [1.165, 1.54) is 38.2 Å². The Labute approximate surface area is 193 Å². The predicted octanol–water partition coefficient (Wildman–Crippen LogP) is 2.08. The molecule has 11 heteroatoms. The molecule has 3 aromatic rings. The number of nitrogens with zero attached hydrogens (tertiary/aromatic N) is 2. The predicted molar refractivity (Wildman–Crippen MR) is 120 cm³/mol. The third-order valence-corrected chi connectivity index (χ3v) is 5.22. The summed E-state index contributed by atoms with van der Waals surface area (Å²) in [5, 5.41) is 5.24. The Morgan fingerprint density at radius 1 is 1.09 bits per heavy atom. The molecule has 1 heterocycles. The van der Waals surface area contributed by atoms with Crippen molar-refractivity contribution in [3.63, 3.8) is 0 Å². The molecule has 0 saturated heterocycles. The van der Waals surface area contributed by atoms with Gasteiger partial charge >= 0.3 is 0 Å². The average molecular weight is 474 g/mol. The smallest absolute Gasteiger partial charge is 0.261 e. The highest BCUT2D eigenvalue weighted by atomic mass is 19.2. The van der Waals surface area contributed by atoms with Gasteiger partial charge < -0.3 is 20.1 Å². The number of ether oxygens (including phenoxy) is 2. The minimum absolute atomic E-state index is 0.0203. The second-order valence-electron chi connectivity index (χ2n) is 7.36. The van der Waals surface area contributed by atoms with Gasteiger partial charge in [0.1, 0.15) is 6.04 Å². The molecule has 0 aliphatic heterocycles. The van der Waals surface area contributed by atoms with Crippen molar-refractivity contribution in [3.8, 4) is 11.5 Å². The largest absolute Gasteiger partial charge is 0.493 e. The molecular weight excluding hydrogens is 450 g/mol. The number of carbonyl (C=O) groups is 2. The van der Waals surface area contributed by atoms with E-state index in [9.17, 15) is 23.2 Å². The zero-order valence-corrected chi connectivity index (χ0v) is 18.9. The van der Waals surface area contributed by atoms with Crippen LogP contribution in [-0.4, -0.2) is 42.6 Å². The van der Waals surface area contributed by atoms with E-state index in [0.29, 0.717) is 22.4 Å². The van der Waals surface area contributed by atoms with Gasteiger partial charge in [-0.1, -0.05) is 6.07 Å². The first-order valence-corrected chi connectivity index (χ1v) is 10.4. The third kappa shape index (κ3) is 5.30. The van der Waals surface area contributed by atoms with Gasteiger partial charge in [0.05, 0.1) is 31.4 Å². The highest BCUT2D eigenvalue weighted by Gasteiger charge is 2.23. The number of fused-ring (bicyclic) bond motifs is 1. The fourth-order valence-electron chi connectivity index (χ4n) is 3.42. The van der Waals surface area contributed by atoms with E-state index in [1.54, 1.807) is 12.1 Å². The molecule has 2 N–H and O–H groups in total. The van der Waals surface area contributed by atoms with Crippen molar-refractivity contribution in [1.29, 1.82) is 0 Å². The van der Waals surface area contributed by atoms with Crippen LogP contribution in [-0.2, 0) is 16.1 Å². The van der Waals surface area contributed by atoms with Gasteiger partial charge in [0, 0.05) is 26.1 Å². The molecule has 0 fully saturated rings. The van der Waals surface area contributed by atoms with Gasteiger partial charge in [-0.05, 0) is 30.2 Å². The lowest BCUT2D eigenvalue weighted by Gasteiger charge is -2.18. The maximum absolute atomic E-state index is 13.6. The monoisotopic (exact) mass is 474 g/mol. The lowest BCUT2D eigenvalue weighted by atomic mass is 10.1. The summed E-state index contributed by atoms with van der Waals surface area (Å²) in [6, 6.07) is 4.92. The van der Waals surface area contributed by atoms with Crippen molar-refractivity contribution in [2.45, 2.75) is 25.4 Å². The van der Waals surface area contributed by atoms with Gasteiger partial charge in [0.2, 0.25) is 11.8 Å². The summed E-state index contributed by atoms with van der Waals surface area (Å²) in [4.78, 5) is 41.7. The second-order valence-corrected chi connectivity index (χ2v) is 7.36. The quantitative estimate of drug-likeness (QED) is 0.491. The summed E-state index contributed by atoms with van der Waals surface area (Å²) in [7, 11) is 4.31. The van der Waals surface area contributed by atoms with E-state index < -0.39 is 29.5 Å². The van der Waals surface area contributed by atoms with Gasteiger partial charge in [0.15, 0.2) is 23.1 Å². The number of benzene rings is 2. The minimum Gasteiger partial charge on any atom is -0.493 e. The van der Waals surface area contributed by atoms with E-state index >= 15 is 0 Å². The number of methoxy groups -OCH3 is 2. The molecule has 1 atom stereocenters. The Kier molecular flexibility index (Phi) is 7.77. The molecule has 0 saturated carbocycles. The van der Waals surface area contributed by atoms with Gasteiger partial charge in [-0.15, -0.1) is 0 Å². The number of nitrogens with one attached hydrogen (secondary N) is 2. The van der Waals surface area contributed by atoms with E-state index in [0.717, 1.165) is 12.1 Å². The lowest BCUT2D eigenvalue weighted by Crippen LogP contribution is -2.39. The van der Waals surface area contributed by atoms with Crippen molar-refractivity contribution in [1.82, 2.24) is 20.2 Å². The SMILES string of the molecule is CNC(=O)C(NC(=O)CCCn1cnc2cc(OC)c(OC)cc2c1=O)c1ccc(F)c(F)c1.